The number of rotatable bonds is 5. The molecular formula is C12H14F2N2O3. The lowest BCUT2D eigenvalue weighted by molar-refractivity contribution is -0.136. The summed E-state index contributed by atoms with van der Waals surface area (Å²) in [6.45, 7) is -0.666. The molecule has 0 aliphatic rings. The first kappa shape index (κ1) is 14.9. The van der Waals surface area contributed by atoms with E-state index in [1.807, 2.05) is 0 Å². The molecule has 0 radical (unpaired) electrons. The zero-order chi connectivity index (χ0) is 14.4. The quantitative estimate of drug-likeness (QED) is 0.861. The van der Waals surface area contributed by atoms with Crippen molar-refractivity contribution in [2.75, 3.05) is 18.9 Å². The minimum Gasteiger partial charge on any atom is -0.481 e. The monoisotopic (exact) mass is 272 g/mol. The van der Waals surface area contributed by atoms with Crippen molar-refractivity contribution in [1.82, 2.24) is 4.90 Å². The Bertz CT molecular complexity index is 466. The van der Waals surface area contributed by atoms with Gasteiger partial charge in [0.15, 0.2) is 0 Å². The molecule has 2 N–H and O–H groups in total. The largest absolute Gasteiger partial charge is 0.481 e. The van der Waals surface area contributed by atoms with Crippen molar-refractivity contribution in [2.45, 2.75) is 12.8 Å². The number of hydrogen-bond donors (Lipinski definition) is 2. The first-order valence-electron chi connectivity index (χ1n) is 5.49. The summed E-state index contributed by atoms with van der Waals surface area (Å²) < 4.78 is 24.2. The third-order valence-electron chi connectivity index (χ3n) is 2.29. The second-order valence-corrected chi connectivity index (χ2v) is 3.97. The number of anilines is 1. The summed E-state index contributed by atoms with van der Waals surface area (Å²) >= 11 is 0. The number of nitrogens with one attached hydrogen (secondary N) is 1. The number of benzene rings is 1. The zero-order valence-electron chi connectivity index (χ0n) is 10.3. The fourth-order valence-corrected chi connectivity index (χ4v) is 1.44. The van der Waals surface area contributed by atoms with Gasteiger partial charge in [-0.05, 0) is 17.7 Å². The highest BCUT2D eigenvalue weighted by Gasteiger charge is 2.14. The highest BCUT2D eigenvalue weighted by molar-refractivity contribution is 5.89. The average Bonchev–Trinajstić information content (AvgIpc) is 2.27. The fraction of sp³-hybridized carbons (Fsp3) is 0.333. The SMILES string of the molecule is CN(CC(F)F)C(=O)Nc1cccc(CC(=O)O)c1. The van der Waals surface area contributed by atoms with Gasteiger partial charge in [-0.2, -0.15) is 0 Å². The molecule has 5 nitrogen and oxygen atoms in total. The first-order valence-corrected chi connectivity index (χ1v) is 5.49. The van der Waals surface area contributed by atoms with E-state index in [1.165, 1.54) is 13.1 Å². The topological polar surface area (TPSA) is 69.6 Å². The van der Waals surface area contributed by atoms with Gasteiger partial charge in [-0.15, -0.1) is 0 Å². The minimum atomic E-state index is -2.60. The summed E-state index contributed by atoms with van der Waals surface area (Å²) in [5, 5.41) is 11.1. The van der Waals surface area contributed by atoms with Crippen LogP contribution in [0.3, 0.4) is 0 Å². The number of alkyl halides is 2. The molecule has 0 aliphatic carbocycles. The van der Waals surface area contributed by atoms with Crippen LogP contribution in [0.25, 0.3) is 0 Å². The highest BCUT2D eigenvalue weighted by atomic mass is 19.3. The van der Waals surface area contributed by atoms with Gasteiger partial charge in [0.2, 0.25) is 0 Å². The van der Waals surface area contributed by atoms with E-state index in [9.17, 15) is 18.4 Å². The van der Waals surface area contributed by atoms with Gasteiger partial charge in [0, 0.05) is 12.7 Å². The Labute approximate surface area is 108 Å². The fourth-order valence-electron chi connectivity index (χ4n) is 1.44. The molecule has 2 amide bonds. The Morgan fingerprint density at radius 1 is 1.42 bits per heavy atom. The number of carboxylic acids is 1. The van der Waals surface area contributed by atoms with E-state index >= 15 is 0 Å². The maximum Gasteiger partial charge on any atom is 0.321 e. The number of urea groups is 1. The number of carbonyl (C=O) groups is 2. The number of carboxylic acid groups (broad SMARTS) is 1. The Balaban J connectivity index is 2.66. The lowest BCUT2D eigenvalue weighted by Crippen LogP contribution is -2.34. The van der Waals surface area contributed by atoms with Gasteiger partial charge in [-0.3, -0.25) is 4.79 Å². The van der Waals surface area contributed by atoms with Crippen LogP contribution in [-0.4, -0.2) is 42.0 Å². The molecule has 1 rings (SSSR count). The standard InChI is InChI=1S/C12H14F2N2O3/c1-16(7-10(13)14)12(19)15-9-4-2-3-8(5-9)6-11(17)18/h2-5,10H,6-7H2,1H3,(H,15,19)(H,17,18). The van der Waals surface area contributed by atoms with E-state index in [4.69, 9.17) is 5.11 Å². The van der Waals surface area contributed by atoms with Crippen molar-refractivity contribution in [3.05, 3.63) is 29.8 Å². The van der Waals surface area contributed by atoms with Crippen molar-refractivity contribution in [3.8, 4) is 0 Å². The molecule has 0 heterocycles. The molecular weight excluding hydrogens is 258 g/mol. The lowest BCUT2D eigenvalue weighted by atomic mass is 10.1. The molecule has 19 heavy (non-hydrogen) atoms. The van der Waals surface area contributed by atoms with Gasteiger partial charge in [0.1, 0.15) is 0 Å². The summed E-state index contributed by atoms with van der Waals surface area (Å²) in [4.78, 5) is 23.0. The Hall–Kier alpha value is -2.18. The first-order chi connectivity index (χ1) is 8.88. The van der Waals surface area contributed by atoms with Crippen molar-refractivity contribution in [1.29, 1.82) is 0 Å². The third kappa shape index (κ3) is 5.33. The van der Waals surface area contributed by atoms with E-state index < -0.39 is 25.0 Å². The van der Waals surface area contributed by atoms with Crippen LogP contribution in [-0.2, 0) is 11.2 Å². The van der Waals surface area contributed by atoms with Crippen LogP contribution in [0.4, 0.5) is 19.3 Å². The van der Waals surface area contributed by atoms with E-state index in [2.05, 4.69) is 5.32 Å². The second-order valence-electron chi connectivity index (χ2n) is 3.97. The van der Waals surface area contributed by atoms with Gasteiger partial charge in [0.25, 0.3) is 6.43 Å². The molecule has 0 unspecified atom stereocenters. The van der Waals surface area contributed by atoms with Gasteiger partial charge < -0.3 is 15.3 Å². The van der Waals surface area contributed by atoms with Crippen molar-refractivity contribution in [3.63, 3.8) is 0 Å². The lowest BCUT2D eigenvalue weighted by Gasteiger charge is -2.17. The van der Waals surface area contributed by atoms with Crippen LogP contribution >= 0.6 is 0 Å². The number of carbonyl (C=O) groups excluding carboxylic acids is 1. The van der Waals surface area contributed by atoms with Gasteiger partial charge in [-0.1, -0.05) is 12.1 Å². The van der Waals surface area contributed by atoms with E-state index in [0.717, 1.165) is 4.90 Å². The van der Waals surface area contributed by atoms with Crippen LogP contribution in [0, 0.1) is 0 Å². The average molecular weight is 272 g/mol. The van der Waals surface area contributed by atoms with Gasteiger partial charge in [-0.25, -0.2) is 13.6 Å². The molecule has 7 heteroatoms. The summed E-state index contributed by atoms with van der Waals surface area (Å²) in [5.41, 5.74) is 0.881. The number of aliphatic carboxylic acids is 1. The zero-order valence-corrected chi connectivity index (χ0v) is 10.3. The third-order valence-corrected chi connectivity index (χ3v) is 2.29. The van der Waals surface area contributed by atoms with Crippen molar-refractivity contribution in [2.24, 2.45) is 0 Å². The molecule has 0 saturated carbocycles. The minimum absolute atomic E-state index is 0.170. The van der Waals surface area contributed by atoms with Crippen LogP contribution in [0.5, 0.6) is 0 Å². The van der Waals surface area contributed by atoms with Crippen LogP contribution in [0.15, 0.2) is 24.3 Å². The van der Waals surface area contributed by atoms with Crippen molar-refractivity contribution >= 4 is 17.7 Å². The van der Waals surface area contributed by atoms with E-state index in [0.29, 0.717) is 11.3 Å². The molecule has 104 valence electrons. The molecule has 0 fully saturated rings. The molecule has 1 aromatic carbocycles. The van der Waals surface area contributed by atoms with Crippen LogP contribution < -0.4 is 5.32 Å². The second kappa shape index (κ2) is 6.67. The molecule has 0 saturated heterocycles. The summed E-state index contributed by atoms with van der Waals surface area (Å²) in [5.74, 6) is -0.988. The van der Waals surface area contributed by atoms with Crippen LogP contribution in [0.2, 0.25) is 0 Å². The van der Waals surface area contributed by atoms with Gasteiger partial charge in [0.05, 0.1) is 13.0 Å². The predicted molar refractivity (Wildman–Crippen MR) is 65.4 cm³/mol. The molecule has 0 spiro atoms. The number of hydrogen-bond acceptors (Lipinski definition) is 2. The Morgan fingerprint density at radius 2 is 2.11 bits per heavy atom. The maximum atomic E-state index is 12.1. The highest BCUT2D eigenvalue weighted by Crippen LogP contribution is 2.12. The molecule has 0 atom stereocenters. The predicted octanol–water partition coefficient (Wildman–Crippen LogP) is 2.04. The molecule has 1 aromatic rings. The number of amides is 2. The molecule has 0 aromatic heterocycles. The molecule has 0 aliphatic heterocycles. The Morgan fingerprint density at radius 3 is 2.68 bits per heavy atom. The Kier molecular flexibility index (Phi) is 5.23. The van der Waals surface area contributed by atoms with E-state index in [1.54, 1.807) is 18.2 Å². The van der Waals surface area contributed by atoms with E-state index in [-0.39, 0.29) is 6.42 Å². The molecule has 0 bridgehead atoms. The summed E-state index contributed by atoms with van der Waals surface area (Å²) in [6, 6.07) is 5.56. The smallest absolute Gasteiger partial charge is 0.321 e. The number of halogens is 2. The van der Waals surface area contributed by atoms with Crippen molar-refractivity contribution < 1.29 is 23.5 Å². The number of nitrogens with zero attached hydrogens (tertiary/aromatic N) is 1. The maximum absolute atomic E-state index is 12.1. The summed E-state index contributed by atoms with van der Waals surface area (Å²) in [7, 11) is 1.25. The van der Waals surface area contributed by atoms with Crippen LogP contribution in [0.1, 0.15) is 5.56 Å². The van der Waals surface area contributed by atoms with Gasteiger partial charge >= 0.3 is 12.0 Å². The summed E-state index contributed by atoms with van der Waals surface area (Å²) in [6.07, 6.45) is -2.77. The normalized spacial score (nSPS) is 10.3.